The number of hydrogen-bond donors (Lipinski definition) is 0. The molecule has 43 heavy (non-hydrogen) atoms. The van der Waals surface area contributed by atoms with E-state index in [-0.39, 0.29) is 17.2 Å². The van der Waals surface area contributed by atoms with Gasteiger partial charge >= 0.3 is 0 Å². The first kappa shape index (κ1) is 26.9. The second-order valence-electron chi connectivity index (χ2n) is 13.3. The van der Waals surface area contributed by atoms with Crippen molar-refractivity contribution in [1.29, 1.82) is 0 Å². The van der Waals surface area contributed by atoms with Crippen LogP contribution in [0, 0.1) is 23.6 Å². The van der Waals surface area contributed by atoms with Crippen LogP contribution in [0.4, 0.5) is 18.9 Å². The van der Waals surface area contributed by atoms with Gasteiger partial charge in [-0.15, -0.1) is 0 Å². The van der Waals surface area contributed by atoms with Gasteiger partial charge in [0.25, 0.3) is 0 Å². The minimum Gasteiger partial charge on any atom is -0.436 e. The lowest BCUT2D eigenvalue weighted by atomic mass is 9.58. The van der Waals surface area contributed by atoms with Gasteiger partial charge in [0.15, 0.2) is 11.4 Å². The molecule has 2 aromatic carbocycles. The van der Waals surface area contributed by atoms with Gasteiger partial charge in [-0.3, -0.25) is 4.79 Å². The predicted octanol–water partition coefficient (Wildman–Crippen LogP) is 7.81. The van der Waals surface area contributed by atoms with Crippen LogP contribution < -0.4 is 4.90 Å². The Balaban J connectivity index is 1.07. The molecule has 0 N–H and O–H groups in total. The minimum atomic E-state index is -2.79. The summed E-state index contributed by atoms with van der Waals surface area (Å²) < 4.78 is 53.2. The standard InChI is InChI=1S/C33H33F3N4O3/c34-24-8-9-27-26(14-24)37-29(42-27)20-3-1-5-25(13-20)40(30(41)23-16-33(35,36)17-23)18-22-10-12-32(11-2-4-21(22)15-32)31-38-28(39-43-31)19-6-7-19/h1,3,5,8-9,13-14,19,21-23H,2,4,6-7,10-12,15-18H2. The van der Waals surface area contributed by atoms with Gasteiger partial charge < -0.3 is 13.8 Å². The molecule has 4 saturated carbocycles. The van der Waals surface area contributed by atoms with Crippen molar-refractivity contribution in [2.45, 2.75) is 81.5 Å². The Labute approximate surface area is 246 Å². The minimum absolute atomic E-state index is 0.114. The number of carbonyl (C=O) groups excluding carboxylic acids is 1. The lowest BCUT2D eigenvalue weighted by molar-refractivity contribution is -0.148. The van der Waals surface area contributed by atoms with Gasteiger partial charge in [-0.25, -0.2) is 18.2 Å². The van der Waals surface area contributed by atoms with Gasteiger partial charge in [-0.1, -0.05) is 24.1 Å². The van der Waals surface area contributed by atoms with Crippen LogP contribution >= 0.6 is 0 Å². The van der Waals surface area contributed by atoms with Crippen molar-refractivity contribution in [2.24, 2.45) is 17.8 Å². The number of alkyl halides is 2. The Hall–Kier alpha value is -3.69. The maximum atomic E-state index is 13.9. The molecule has 4 aliphatic rings. The van der Waals surface area contributed by atoms with Gasteiger partial charge in [0.2, 0.25) is 23.6 Å². The molecular formula is C33H33F3N4O3. The molecule has 7 nitrogen and oxygen atoms in total. The second-order valence-corrected chi connectivity index (χ2v) is 13.3. The summed E-state index contributed by atoms with van der Waals surface area (Å²) in [7, 11) is 0. The van der Waals surface area contributed by atoms with Crippen molar-refractivity contribution >= 4 is 22.7 Å². The van der Waals surface area contributed by atoms with Crippen molar-refractivity contribution in [3.8, 4) is 11.5 Å². The predicted molar refractivity (Wildman–Crippen MR) is 152 cm³/mol. The zero-order valence-electron chi connectivity index (χ0n) is 23.8. The maximum Gasteiger partial charge on any atom is 0.249 e. The molecule has 2 bridgehead atoms. The highest BCUT2D eigenvalue weighted by Crippen LogP contribution is 2.53. The molecule has 1 amide bonds. The smallest absolute Gasteiger partial charge is 0.249 e. The fourth-order valence-corrected chi connectivity index (χ4v) is 7.68. The summed E-state index contributed by atoms with van der Waals surface area (Å²) in [5.74, 6) is -1.22. The number of amides is 1. The topological polar surface area (TPSA) is 85.3 Å². The maximum absolute atomic E-state index is 13.9. The van der Waals surface area contributed by atoms with E-state index in [1.54, 1.807) is 4.90 Å². The summed E-state index contributed by atoms with van der Waals surface area (Å²) in [6, 6.07) is 11.5. The zero-order chi connectivity index (χ0) is 29.3. The molecule has 4 aliphatic carbocycles. The molecule has 2 heterocycles. The monoisotopic (exact) mass is 590 g/mol. The lowest BCUT2D eigenvalue weighted by Crippen LogP contribution is -2.50. The third-order valence-corrected chi connectivity index (χ3v) is 10.3. The van der Waals surface area contributed by atoms with Crippen molar-refractivity contribution in [3.05, 3.63) is 60.0 Å². The molecule has 0 radical (unpaired) electrons. The number of nitrogens with zero attached hydrogens (tertiary/aromatic N) is 4. The van der Waals surface area contributed by atoms with Gasteiger partial charge in [-0.2, -0.15) is 4.98 Å². The first-order valence-corrected chi connectivity index (χ1v) is 15.5. The van der Waals surface area contributed by atoms with E-state index in [0.29, 0.717) is 46.6 Å². The van der Waals surface area contributed by atoms with Gasteiger partial charge in [0.1, 0.15) is 11.3 Å². The summed E-state index contributed by atoms with van der Waals surface area (Å²) in [4.78, 5) is 24.8. The third-order valence-electron chi connectivity index (χ3n) is 10.3. The molecule has 0 saturated heterocycles. The van der Waals surface area contributed by atoms with Crippen LogP contribution in [0.2, 0.25) is 0 Å². The third kappa shape index (κ3) is 4.92. The van der Waals surface area contributed by atoms with Crippen LogP contribution in [0.5, 0.6) is 0 Å². The Morgan fingerprint density at radius 1 is 1.00 bits per heavy atom. The van der Waals surface area contributed by atoms with E-state index in [9.17, 15) is 18.0 Å². The van der Waals surface area contributed by atoms with Crippen molar-refractivity contribution < 1.29 is 26.9 Å². The summed E-state index contributed by atoms with van der Waals surface area (Å²) in [5, 5.41) is 4.29. The highest BCUT2D eigenvalue weighted by atomic mass is 19.3. The molecule has 3 unspecified atom stereocenters. The SMILES string of the molecule is O=C(C1CC(F)(F)C1)N(CC1CCC2(c3nc(C4CC4)no3)CCCC1C2)c1cccc(-c2nc3cc(F)ccc3o2)c1. The zero-order valence-corrected chi connectivity index (χ0v) is 23.8. The molecule has 2 aromatic heterocycles. The first-order chi connectivity index (χ1) is 20.8. The quantitative estimate of drug-likeness (QED) is 0.218. The van der Waals surface area contributed by atoms with Crippen LogP contribution in [0.15, 0.2) is 51.4 Å². The van der Waals surface area contributed by atoms with Crippen molar-refractivity contribution in [2.75, 3.05) is 11.4 Å². The van der Waals surface area contributed by atoms with Gasteiger partial charge in [0.05, 0.1) is 0 Å². The summed E-state index contributed by atoms with van der Waals surface area (Å²) >= 11 is 0. The molecule has 8 rings (SSSR count). The summed E-state index contributed by atoms with van der Waals surface area (Å²) in [6.07, 6.45) is 7.28. The van der Waals surface area contributed by atoms with Crippen LogP contribution in [-0.4, -0.2) is 33.5 Å². The van der Waals surface area contributed by atoms with Gasteiger partial charge in [0, 0.05) is 54.0 Å². The van der Waals surface area contributed by atoms with Crippen LogP contribution in [0.3, 0.4) is 0 Å². The van der Waals surface area contributed by atoms with Crippen molar-refractivity contribution in [3.63, 3.8) is 0 Å². The Bertz CT molecular complexity index is 1690. The number of aromatic nitrogens is 3. The number of benzene rings is 2. The van der Waals surface area contributed by atoms with Gasteiger partial charge in [-0.05, 0) is 80.7 Å². The van der Waals surface area contributed by atoms with Crippen LogP contribution in [0.25, 0.3) is 22.6 Å². The number of hydrogen-bond acceptors (Lipinski definition) is 6. The fourth-order valence-electron chi connectivity index (χ4n) is 7.68. The number of rotatable bonds is 7. The van der Waals surface area contributed by atoms with E-state index >= 15 is 0 Å². The Morgan fingerprint density at radius 2 is 1.86 bits per heavy atom. The largest absolute Gasteiger partial charge is 0.436 e. The first-order valence-electron chi connectivity index (χ1n) is 15.5. The van der Waals surface area contributed by atoms with E-state index in [1.807, 2.05) is 24.3 Å². The van der Waals surface area contributed by atoms with Crippen molar-refractivity contribution in [1.82, 2.24) is 15.1 Å². The second kappa shape index (κ2) is 9.92. The summed E-state index contributed by atoms with van der Waals surface area (Å²) in [5.41, 5.74) is 2.01. The van der Waals surface area contributed by atoms with E-state index in [1.165, 1.54) is 18.2 Å². The van der Waals surface area contributed by atoms with E-state index in [4.69, 9.17) is 13.9 Å². The number of halogens is 3. The Kier molecular flexibility index (Phi) is 6.21. The highest BCUT2D eigenvalue weighted by molar-refractivity contribution is 5.96. The molecule has 224 valence electrons. The molecule has 4 fully saturated rings. The highest BCUT2D eigenvalue weighted by Gasteiger charge is 2.52. The number of oxazole rings is 1. The Morgan fingerprint density at radius 3 is 2.67 bits per heavy atom. The molecule has 10 heteroatoms. The lowest BCUT2D eigenvalue weighted by Gasteiger charge is -2.48. The molecule has 0 aliphatic heterocycles. The number of fused-ring (bicyclic) bond motifs is 3. The average Bonchev–Trinajstić information content (AvgIpc) is 3.55. The van der Waals surface area contributed by atoms with E-state index < -0.39 is 30.5 Å². The summed E-state index contributed by atoms with van der Waals surface area (Å²) in [6.45, 7) is 0.459. The van der Waals surface area contributed by atoms with Crippen LogP contribution in [0.1, 0.15) is 81.8 Å². The number of carbonyl (C=O) groups is 1. The molecule has 3 atom stereocenters. The molecule has 4 aromatic rings. The normalized spacial score (nSPS) is 26.8. The number of anilines is 1. The van der Waals surface area contributed by atoms with Crippen LogP contribution in [-0.2, 0) is 10.2 Å². The molecular weight excluding hydrogens is 557 g/mol. The fraction of sp³-hybridized carbons (Fsp3) is 0.515. The molecule has 0 spiro atoms. The average molecular weight is 591 g/mol. The van der Waals surface area contributed by atoms with E-state index in [0.717, 1.165) is 63.1 Å². The van der Waals surface area contributed by atoms with E-state index in [2.05, 4.69) is 10.1 Å².